The van der Waals surface area contributed by atoms with Crippen molar-refractivity contribution in [2.45, 2.75) is 91.5 Å². The van der Waals surface area contributed by atoms with Crippen molar-refractivity contribution < 1.29 is 29.0 Å². The van der Waals surface area contributed by atoms with Crippen LogP contribution in [0.15, 0.2) is 54.0 Å². The number of primary amides is 1. The maximum absolute atomic E-state index is 14.0. The van der Waals surface area contributed by atoms with Gasteiger partial charge in [0.05, 0.1) is 41.3 Å². The Bertz CT molecular complexity index is 1620. The molecular weight excluding hydrogens is 643 g/mol. The largest absolute Gasteiger partial charge is 0.493 e. The number of hydrogen-bond acceptors (Lipinski definition) is 8. The van der Waals surface area contributed by atoms with Crippen molar-refractivity contribution in [1.82, 2.24) is 20.5 Å². The molecule has 1 fully saturated rings. The number of aromatic nitrogens is 1. The van der Waals surface area contributed by atoms with Gasteiger partial charge in [-0.15, -0.1) is 11.3 Å². The molecule has 11 nitrogen and oxygen atoms in total. The summed E-state index contributed by atoms with van der Waals surface area (Å²) in [5.41, 5.74) is 10.0. The number of aliphatic hydroxyl groups is 1. The highest BCUT2D eigenvalue weighted by molar-refractivity contribution is 7.13. The van der Waals surface area contributed by atoms with Gasteiger partial charge in [0.25, 0.3) is 0 Å². The number of rotatable bonds is 14. The summed E-state index contributed by atoms with van der Waals surface area (Å²) >= 11 is 1.58. The maximum Gasteiger partial charge on any atom is 0.246 e. The fraction of sp³-hybridized carbons (Fsp3) is 0.486. The molecule has 2 aromatic carbocycles. The Hall–Kier alpha value is -4.29. The van der Waals surface area contributed by atoms with Crippen LogP contribution in [0, 0.1) is 18.3 Å². The van der Waals surface area contributed by atoms with Crippen LogP contribution in [0.1, 0.15) is 76.7 Å². The molecule has 2 heterocycles. The minimum atomic E-state index is -0.939. The molecule has 1 aliphatic heterocycles. The highest BCUT2D eigenvalue weighted by Gasteiger charge is 2.44. The van der Waals surface area contributed by atoms with Crippen molar-refractivity contribution in [1.29, 1.82) is 0 Å². The lowest BCUT2D eigenvalue weighted by molar-refractivity contribution is -0.144. The minimum absolute atomic E-state index is 0.00606. The molecule has 0 radical (unpaired) electrons. The Morgan fingerprint density at radius 3 is 2.45 bits per heavy atom. The van der Waals surface area contributed by atoms with E-state index in [1.165, 1.54) is 4.90 Å². The number of thiazole rings is 1. The minimum Gasteiger partial charge on any atom is -0.493 e. The average Bonchev–Trinajstić information content (AvgIpc) is 3.66. The van der Waals surface area contributed by atoms with E-state index >= 15 is 0 Å². The third kappa shape index (κ3) is 10.4. The molecule has 1 saturated heterocycles. The number of aryl methyl sites for hydroxylation is 1. The van der Waals surface area contributed by atoms with E-state index in [1.54, 1.807) is 29.5 Å². The van der Waals surface area contributed by atoms with Crippen molar-refractivity contribution in [3.8, 4) is 16.2 Å². The predicted molar refractivity (Wildman–Crippen MR) is 190 cm³/mol. The molecule has 1 aromatic heterocycles. The van der Waals surface area contributed by atoms with Crippen LogP contribution in [0.2, 0.25) is 0 Å². The predicted octanol–water partition coefficient (Wildman–Crippen LogP) is 4.31. The molecule has 0 aliphatic carbocycles. The average molecular weight is 692 g/mol. The summed E-state index contributed by atoms with van der Waals surface area (Å²) in [5.74, 6) is -0.759. The van der Waals surface area contributed by atoms with E-state index in [0.29, 0.717) is 30.8 Å². The quantitative estimate of drug-likeness (QED) is 0.196. The van der Waals surface area contributed by atoms with E-state index in [4.69, 9.17) is 10.5 Å². The third-order valence-corrected chi connectivity index (χ3v) is 9.72. The third-order valence-electron chi connectivity index (χ3n) is 8.74. The topological polar surface area (TPSA) is 164 Å². The van der Waals surface area contributed by atoms with Crippen molar-refractivity contribution >= 4 is 35.0 Å². The van der Waals surface area contributed by atoms with Gasteiger partial charge in [-0.25, -0.2) is 4.98 Å². The summed E-state index contributed by atoms with van der Waals surface area (Å²) in [6.45, 7) is 11.8. The van der Waals surface area contributed by atoms with E-state index < -0.39 is 29.5 Å². The van der Waals surface area contributed by atoms with E-state index in [1.807, 2.05) is 77.4 Å². The lowest BCUT2D eigenvalue weighted by Gasteiger charge is -2.35. The van der Waals surface area contributed by atoms with Crippen LogP contribution < -0.4 is 21.1 Å². The van der Waals surface area contributed by atoms with Crippen molar-refractivity contribution in [3.05, 3.63) is 70.9 Å². The number of β-amino-alcohol motifs (C(OH)–C–C–N with tert-alkyl or cyclic N) is 1. The van der Waals surface area contributed by atoms with E-state index in [-0.39, 0.29) is 49.1 Å². The molecular formula is C37H49N5O6S. The second-order valence-corrected chi connectivity index (χ2v) is 15.0. The molecule has 49 heavy (non-hydrogen) atoms. The van der Waals surface area contributed by atoms with Crippen LogP contribution in [0.3, 0.4) is 0 Å². The van der Waals surface area contributed by atoms with Gasteiger partial charge in [-0.2, -0.15) is 0 Å². The molecule has 1 aliphatic rings. The van der Waals surface area contributed by atoms with Gasteiger partial charge in [0.1, 0.15) is 17.8 Å². The fourth-order valence-electron chi connectivity index (χ4n) is 5.87. The van der Waals surface area contributed by atoms with Gasteiger partial charge in [0.15, 0.2) is 0 Å². The lowest BCUT2D eigenvalue weighted by atomic mass is 9.85. The van der Waals surface area contributed by atoms with Crippen LogP contribution in [0.25, 0.3) is 10.4 Å². The summed E-state index contributed by atoms with van der Waals surface area (Å²) in [4.78, 5) is 58.8. The summed E-state index contributed by atoms with van der Waals surface area (Å²) in [6, 6.07) is 13.0. The fourth-order valence-corrected chi connectivity index (χ4v) is 6.68. The number of aliphatic hydroxyl groups excluding tert-OH is 1. The standard InChI is InChI=1S/C37H49N5O6S/c1-22(10-15-31(38)44)20-48-29-9-7-8-25(16-29)17-32(45)41-34(37(4,5)6)36(47)42-19-28(43)18-30(42)35(46)40-23(2)26-11-13-27(14-12-26)33-24(3)39-21-49-33/h7-9,11-14,16,21-23,28,30,34,43H,10,15,17-20H2,1-6H3,(H2,38,44)(H,40,46)(H,41,45)/t22-,23-,28+,30-,34+/m0/s1. The van der Waals surface area contributed by atoms with Crippen LogP contribution in [-0.4, -0.2) is 70.0 Å². The number of nitrogens with one attached hydrogen (secondary N) is 2. The zero-order valence-electron chi connectivity index (χ0n) is 29.2. The van der Waals surface area contributed by atoms with Crippen molar-refractivity contribution in [2.24, 2.45) is 17.1 Å². The first-order chi connectivity index (χ1) is 23.1. The number of nitrogens with two attached hydrogens (primary N) is 1. The second kappa shape index (κ2) is 16.4. The first kappa shape index (κ1) is 37.5. The number of ether oxygens (including phenoxy) is 1. The number of carbonyl (C=O) groups is 4. The van der Waals surface area contributed by atoms with Crippen molar-refractivity contribution in [3.63, 3.8) is 0 Å². The highest BCUT2D eigenvalue weighted by atomic mass is 32.1. The monoisotopic (exact) mass is 691 g/mol. The second-order valence-electron chi connectivity index (χ2n) is 14.1. The zero-order chi connectivity index (χ0) is 35.9. The smallest absolute Gasteiger partial charge is 0.246 e. The SMILES string of the molecule is Cc1ncsc1-c1ccc([C@H](C)NC(=O)[C@@H]2C[C@@H](O)CN2C(=O)[C@@H](NC(=O)Cc2cccc(OC[C@@H](C)CCC(N)=O)c2)C(C)(C)C)cc1. The Morgan fingerprint density at radius 1 is 1.10 bits per heavy atom. The Kier molecular flexibility index (Phi) is 12.6. The highest BCUT2D eigenvalue weighted by Crippen LogP contribution is 2.30. The van der Waals surface area contributed by atoms with E-state index in [2.05, 4.69) is 15.6 Å². The molecule has 264 valence electrons. The Balaban J connectivity index is 1.39. The summed E-state index contributed by atoms with van der Waals surface area (Å²) in [6.07, 6.45) is 0.168. The molecule has 3 aromatic rings. The van der Waals surface area contributed by atoms with Gasteiger partial charge in [0, 0.05) is 19.4 Å². The van der Waals surface area contributed by atoms with Gasteiger partial charge in [-0.05, 0) is 60.4 Å². The van der Waals surface area contributed by atoms with Gasteiger partial charge >= 0.3 is 0 Å². The normalized spacial score (nSPS) is 18.0. The number of hydrogen-bond donors (Lipinski definition) is 4. The summed E-state index contributed by atoms with van der Waals surface area (Å²) < 4.78 is 5.88. The molecule has 5 N–H and O–H groups in total. The van der Waals surface area contributed by atoms with Crippen LogP contribution >= 0.6 is 11.3 Å². The molecule has 0 spiro atoms. The Labute approximate surface area is 292 Å². The first-order valence-corrected chi connectivity index (χ1v) is 17.6. The van der Waals surface area contributed by atoms with Crippen LogP contribution in [0.5, 0.6) is 5.75 Å². The molecule has 5 atom stereocenters. The number of amides is 4. The molecule has 0 bridgehead atoms. The maximum atomic E-state index is 14.0. The van der Waals surface area contributed by atoms with Gasteiger partial charge in [-0.1, -0.05) is 64.1 Å². The van der Waals surface area contributed by atoms with Gasteiger partial charge < -0.3 is 31.1 Å². The van der Waals surface area contributed by atoms with E-state index in [0.717, 1.165) is 21.7 Å². The summed E-state index contributed by atoms with van der Waals surface area (Å²) in [7, 11) is 0. The molecule has 12 heteroatoms. The lowest BCUT2D eigenvalue weighted by Crippen LogP contribution is -2.58. The zero-order valence-corrected chi connectivity index (χ0v) is 30.0. The van der Waals surface area contributed by atoms with Crippen LogP contribution in [-0.2, 0) is 25.6 Å². The Morgan fingerprint density at radius 2 is 1.82 bits per heavy atom. The number of carbonyl (C=O) groups excluding carboxylic acids is 4. The first-order valence-electron chi connectivity index (χ1n) is 16.7. The van der Waals surface area contributed by atoms with Gasteiger partial charge in [-0.3, -0.25) is 19.2 Å². The number of nitrogens with zero attached hydrogens (tertiary/aromatic N) is 2. The van der Waals surface area contributed by atoms with Gasteiger partial charge in [0.2, 0.25) is 23.6 Å². The molecule has 4 amide bonds. The molecule has 0 saturated carbocycles. The molecule has 0 unspecified atom stereocenters. The molecule has 4 rings (SSSR count). The number of benzene rings is 2. The van der Waals surface area contributed by atoms with Crippen LogP contribution in [0.4, 0.5) is 0 Å². The van der Waals surface area contributed by atoms with Crippen molar-refractivity contribution in [2.75, 3.05) is 13.2 Å². The number of likely N-dealkylation sites (tertiary alicyclic amines) is 1. The van der Waals surface area contributed by atoms with E-state index in [9.17, 15) is 24.3 Å². The summed E-state index contributed by atoms with van der Waals surface area (Å²) in [5, 5.41) is 16.5.